The van der Waals surface area contributed by atoms with Gasteiger partial charge in [0.05, 0.1) is 23.6 Å². The molecule has 0 aliphatic carbocycles. The summed E-state index contributed by atoms with van der Waals surface area (Å²) in [6.07, 6.45) is 1.46. The first-order valence-electron chi connectivity index (χ1n) is 8.49. The fraction of sp³-hybridized carbons (Fsp3) is 0.263. The zero-order valence-corrected chi connectivity index (χ0v) is 15.4. The third-order valence-corrected chi connectivity index (χ3v) is 4.23. The number of aryl methyl sites for hydroxylation is 2. The second-order valence-electron chi connectivity index (χ2n) is 6.44. The third-order valence-electron chi connectivity index (χ3n) is 4.23. The molecule has 1 aromatic carbocycles. The summed E-state index contributed by atoms with van der Waals surface area (Å²) in [4.78, 5) is 23.2. The van der Waals surface area contributed by atoms with Crippen LogP contribution in [0.15, 0.2) is 36.5 Å². The van der Waals surface area contributed by atoms with Gasteiger partial charge in [-0.05, 0) is 32.4 Å². The van der Waals surface area contributed by atoms with E-state index in [1.165, 1.54) is 22.5 Å². The number of hydrogen-bond donors (Lipinski definition) is 2. The van der Waals surface area contributed by atoms with E-state index >= 15 is 0 Å². The van der Waals surface area contributed by atoms with Crippen molar-refractivity contribution in [2.45, 2.75) is 33.9 Å². The van der Waals surface area contributed by atoms with Crippen molar-refractivity contribution in [2.75, 3.05) is 5.32 Å². The SMILES string of the molecule is Cc1cccc(Cn2nc(C)c(NC(=O)Cn3ccc(C(=O)O)n3)c2C)c1. The summed E-state index contributed by atoms with van der Waals surface area (Å²) in [6.45, 7) is 6.33. The summed E-state index contributed by atoms with van der Waals surface area (Å²) in [7, 11) is 0. The van der Waals surface area contributed by atoms with E-state index in [0.29, 0.717) is 12.2 Å². The van der Waals surface area contributed by atoms with Gasteiger partial charge in [-0.3, -0.25) is 14.2 Å². The Hall–Kier alpha value is -3.42. The van der Waals surface area contributed by atoms with E-state index in [1.54, 1.807) is 0 Å². The monoisotopic (exact) mass is 367 g/mol. The number of aromatic nitrogens is 4. The normalized spacial score (nSPS) is 10.8. The van der Waals surface area contributed by atoms with E-state index in [2.05, 4.69) is 21.6 Å². The summed E-state index contributed by atoms with van der Waals surface area (Å²) < 4.78 is 3.15. The quantitative estimate of drug-likeness (QED) is 0.696. The minimum Gasteiger partial charge on any atom is -0.476 e. The van der Waals surface area contributed by atoms with Gasteiger partial charge in [-0.2, -0.15) is 10.2 Å². The molecule has 0 atom stereocenters. The number of benzene rings is 1. The van der Waals surface area contributed by atoms with Crippen molar-refractivity contribution in [3.8, 4) is 0 Å². The first-order chi connectivity index (χ1) is 12.8. The Labute approximate surface area is 156 Å². The number of carboxylic acids is 1. The number of aromatic carboxylic acids is 1. The molecule has 0 spiro atoms. The molecule has 0 aliphatic rings. The fourth-order valence-corrected chi connectivity index (χ4v) is 2.91. The Morgan fingerprint density at radius 2 is 1.93 bits per heavy atom. The van der Waals surface area contributed by atoms with Gasteiger partial charge in [0.1, 0.15) is 6.54 Å². The number of nitrogens with one attached hydrogen (secondary N) is 1. The predicted molar refractivity (Wildman–Crippen MR) is 99.8 cm³/mol. The van der Waals surface area contributed by atoms with Crippen molar-refractivity contribution in [3.63, 3.8) is 0 Å². The van der Waals surface area contributed by atoms with Crippen LogP contribution in [0.2, 0.25) is 0 Å². The second kappa shape index (κ2) is 7.45. The van der Waals surface area contributed by atoms with Crippen LogP contribution in [0.5, 0.6) is 0 Å². The third kappa shape index (κ3) is 4.22. The van der Waals surface area contributed by atoms with Crippen LogP contribution in [0.1, 0.15) is 33.0 Å². The lowest BCUT2D eigenvalue weighted by Crippen LogP contribution is -2.20. The first-order valence-corrected chi connectivity index (χ1v) is 8.49. The lowest BCUT2D eigenvalue weighted by atomic mass is 10.1. The zero-order valence-electron chi connectivity index (χ0n) is 15.4. The van der Waals surface area contributed by atoms with Crippen LogP contribution in [0, 0.1) is 20.8 Å². The van der Waals surface area contributed by atoms with E-state index < -0.39 is 5.97 Å². The van der Waals surface area contributed by atoms with Crippen molar-refractivity contribution in [1.29, 1.82) is 0 Å². The van der Waals surface area contributed by atoms with Crippen LogP contribution in [0.4, 0.5) is 5.69 Å². The average Bonchev–Trinajstić information content (AvgIpc) is 3.16. The van der Waals surface area contributed by atoms with E-state index in [9.17, 15) is 9.59 Å². The number of amides is 1. The second-order valence-corrected chi connectivity index (χ2v) is 6.44. The molecule has 3 rings (SSSR count). The molecule has 2 heterocycles. The van der Waals surface area contributed by atoms with Gasteiger partial charge in [-0.1, -0.05) is 29.8 Å². The van der Waals surface area contributed by atoms with Crippen LogP contribution in [-0.4, -0.2) is 36.5 Å². The highest BCUT2D eigenvalue weighted by Gasteiger charge is 2.16. The summed E-state index contributed by atoms with van der Waals surface area (Å²) in [5.74, 6) is -1.42. The minimum absolute atomic E-state index is 0.0742. The highest BCUT2D eigenvalue weighted by molar-refractivity contribution is 5.91. The standard InChI is InChI=1S/C19H21N5O3/c1-12-5-4-6-15(9-12)10-24-14(3)18(13(2)21-24)20-17(25)11-23-8-7-16(22-23)19(26)27/h4-9H,10-11H2,1-3H3,(H,20,25)(H,26,27). The maximum Gasteiger partial charge on any atom is 0.356 e. The molecule has 0 saturated heterocycles. The van der Waals surface area contributed by atoms with Crippen LogP contribution in [0.3, 0.4) is 0 Å². The van der Waals surface area contributed by atoms with Crippen molar-refractivity contribution in [2.24, 2.45) is 0 Å². The largest absolute Gasteiger partial charge is 0.476 e. The number of nitrogens with zero attached hydrogens (tertiary/aromatic N) is 4. The van der Waals surface area contributed by atoms with E-state index in [0.717, 1.165) is 17.0 Å². The van der Waals surface area contributed by atoms with Gasteiger partial charge in [0.25, 0.3) is 0 Å². The molecule has 0 unspecified atom stereocenters. The Morgan fingerprint density at radius 1 is 1.15 bits per heavy atom. The zero-order chi connectivity index (χ0) is 19.6. The number of carbonyl (C=O) groups excluding carboxylic acids is 1. The molecular weight excluding hydrogens is 346 g/mol. The molecule has 8 nitrogen and oxygen atoms in total. The molecule has 0 fully saturated rings. The molecule has 0 saturated carbocycles. The van der Waals surface area contributed by atoms with Crippen molar-refractivity contribution in [1.82, 2.24) is 19.6 Å². The number of carboxylic acid groups (broad SMARTS) is 1. The minimum atomic E-state index is -1.13. The average molecular weight is 367 g/mol. The smallest absolute Gasteiger partial charge is 0.356 e. The van der Waals surface area contributed by atoms with Crippen LogP contribution >= 0.6 is 0 Å². The topological polar surface area (TPSA) is 102 Å². The van der Waals surface area contributed by atoms with Gasteiger partial charge in [-0.25, -0.2) is 4.79 Å². The van der Waals surface area contributed by atoms with E-state index in [1.807, 2.05) is 43.7 Å². The summed E-state index contributed by atoms with van der Waals surface area (Å²) in [5.41, 5.74) is 4.47. The number of anilines is 1. The lowest BCUT2D eigenvalue weighted by molar-refractivity contribution is -0.116. The Kier molecular flexibility index (Phi) is 5.07. The Bertz CT molecular complexity index is 1000. The Balaban J connectivity index is 1.72. The van der Waals surface area contributed by atoms with Gasteiger partial charge >= 0.3 is 5.97 Å². The predicted octanol–water partition coefficient (Wildman–Crippen LogP) is 2.39. The highest BCUT2D eigenvalue weighted by atomic mass is 16.4. The molecule has 0 radical (unpaired) electrons. The fourth-order valence-electron chi connectivity index (χ4n) is 2.91. The lowest BCUT2D eigenvalue weighted by Gasteiger charge is -2.08. The van der Waals surface area contributed by atoms with Gasteiger partial charge in [0, 0.05) is 6.20 Å². The highest BCUT2D eigenvalue weighted by Crippen LogP contribution is 2.20. The molecular formula is C19H21N5O3. The Morgan fingerprint density at radius 3 is 2.59 bits per heavy atom. The molecule has 2 aromatic heterocycles. The number of hydrogen-bond acceptors (Lipinski definition) is 4. The maximum atomic E-state index is 12.3. The molecule has 3 aromatic rings. The van der Waals surface area contributed by atoms with Crippen LogP contribution < -0.4 is 5.32 Å². The molecule has 27 heavy (non-hydrogen) atoms. The van der Waals surface area contributed by atoms with Crippen molar-refractivity contribution >= 4 is 17.6 Å². The van der Waals surface area contributed by atoms with Crippen LogP contribution in [-0.2, 0) is 17.9 Å². The van der Waals surface area contributed by atoms with Crippen LogP contribution in [0.25, 0.3) is 0 Å². The summed E-state index contributed by atoms with van der Waals surface area (Å²) in [5, 5.41) is 20.1. The molecule has 1 amide bonds. The van der Waals surface area contributed by atoms with Gasteiger partial charge in [0.15, 0.2) is 5.69 Å². The summed E-state index contributed by atoms with van der Waals surface area (Å²) >= 11 is 0. The molecule has 0 aliphatic heterocycles. The summed E-state index contributed by atoms with van der Waals surface area (Å²) in [6, 6.07) is 9.55. The van der Waals surface area contributed by atoms with E-state index in [-0.39, 0.29) is 18.1 Å². The van der Waals surface area contributed by atoms with E-state index in [4.69, 9.17) is 5.11 Å². The molecule has 0 bridgehead atoms. The molecule has 140 valence electrons. The van der Waals surface area contributed by atoms with Gasteiger partial charge in [0.2, 0.25) is 5.91 Å². The first kappa shape index (κ1) is 18.4. The van der Waals surface area contributed by atoms with Gasteiger partial charge < -0.3 is 10.4 Å². The van der Waals surface area contributed by atoms with Gasteiger partial charge in [-0.15, -0.1) is 0 Å². The number of carbonyl (C=O) groups is 2. The molecule has 8 heteroatoms. The maximum absolute atomic E-state index is 12.3. The number of rotatable bonds is 6. The van der Waals surface area contributed by atoms with Crippen molar-refractivity contribution < 1.29 is 14.7 Å². The van der Waals surface area contributed by atoms with Crippen molar-refractivity contribution in [3.05, 3.63) is 64.7 Å². The molecule has 2 N–H and O–H groups in total.